The van der Waals surface area contributed by atoms with Gasteiger partial charge in [0.05, 0.1) is 7.11 Å². The minimum atomic E-state index is -0.406. The van der Waals surface area contributed by atoms with Crippen molar-refractivity contribution in [2.24, 2.45) is 0 Å². The number of nitrogens with one attached hydrogen (secondary N) is 2. The molecule has 1 saturated heterocycles. The van der Waals surface area contributed by atoms with Crippen LogP contribution < -0.4 is 15.4 Å². The molecular formula is C28H32N2O3. The fraction of sp³-hybridized carbons (Fsp3) is 0.357. The van der Waals surface area contributed by atoms with Crippen molar-refractivity contribution in [2.75, 3.05) is 13.7 Å². The summed E-state index contributed by atoms with van der Waals surface area (Å²) >= 11 is 0. The molecule has 2 amide bonds. The van der Waals surface area contributed by atoms with E-state index in [4.69, 9.17) is 4.74 Å². The molecule has 2 N–H and O–H groups in total. The lowest BCUT2D eigenvalue weighted by Gasteiger charge is -2.30. The number of carbonyl (C=O) groups excluding carboxylic acids is 2. The Balaban J connectivity index is 1.44. The highest BCUT2D eigenvalue weighted by atomic mass is 16.5. The van der Waals surface area contributed by atoms with Gasteiger partial charge in [-0.1, -0.05) is 67.6 Å². The van der Waals surface area contributed by atoms with Crippen LogP contribution in [0.15, 0.2) is 66.7 Å². The zero-order chi connectivity index (χ0) is 23.3. The van der Waals surface area contributed by atoms with Gasteiger partial charge in [0.15, 0.2) is 0 Å². The van der Waals surface area contributed by atoms with Crippen molar-refractivity contribution < 1.29 is 14.3 Å². The Labute approximate surface area is 195 Å². The van der Waals surface area contributed by atoms with E-state index in [0.29, 0.717) is 32.2 Å². The fourth-order valence-corrected chi connectivity index (χ4v) is 4.82. The van der Waals surface area contributed by atoms with Gasteiger partial charge in [0.2, 0.25) is 11.8 Å². The summed E-state index contributed by atoms with van der Waals surface area (Å²) in [7, 11) is 1.68. The quantitative estimate of drug-likeness (QED) is 0.501. The highest BCUT2D eigenvalue weighted by Gasteiger charge is 2.38. The monoisotopic (exact) mass is 444 g/mol. The Morgan fingerprint density at radius 3 is 2.48 bits per heavy atom. The molecule has 0 unspecified atom stereocenters. The molecule has 3 aromatic carbocycles. The third-order valence-corrected chi connectivity index (χ3v) is 6.76. The van der Waals surface area contributed by atoms with Crippen LogP contribution in [0.1, 0.15) is 49.7 Å². The van der Waals surface area contributed by atoms with Crippen LogP contribution in [0.2, 0.25) is 0 Å². The van der Waals surface area contributed by atoms with Crippen LogP contribution in [0.3, 0.4) is 0 Å². The van der Waals surface area contributed by atoms with Gasteiger partial charge in [-0.25, -0.2) is 0 Å². The van der Waals surface area contributed by atoms with Gasteiger partial charge in [-0.2, -0.15) is 0 Å². The largest absolute Gasteiger partial charge is 0.496 e. The molecule has 0 saturated carbocycles. The number of rotatable bonds is 9. The maximum absolute atomic E-state index is 12.7. The van der Waals surface area contributed by atoms with Crippen molar-refractivity contribution >= 4 is 22.6 Å². The maximum atomic E-state index is 12.7. The van der Waals surface area contributed by atoms with Crippen LogP contribution in [0.25, 0.3) is 10.8 Å². The highest BCUT2D eigenvalue weighted by molar-refractivity contribution is 5.91. The molecule has 0 radical (unpaired) electrons. The number of carbonyl (C=O) groups is 2. The Bertz CT molecular complexity index is 1130. The Kier molecular flexibility index (Phi) is 6.97. The Hall–Kier alpha value is -3.34. The molecule has 0 spiro atoms. The van der Waals surface area contributed by atoms with Crippen molar-refractivity contribution in [2.45, 2.75) is 50.5 Å². The molecule has 1 fully saturated rings. The van der Waals surface area contributed by atoms with E-state index in [1.165, 1.54) is 5.56 Å². The SMILES string of the molecule is COc1ccc(C[C@]2(CCC(=O)NC[C@@H](C)c3ccccc3)CCC(=O)N2)c2ccccc12. The molecule has 5 nitrogen and oxygen atoms in total. The van der Waals surface area contributed by atoms with E-state index in [-0.39, 0.29) is 17.7 Å². The summed E-state index contributed by atoms with van der Waals surface area (Å²) in [6, 6.07) is 22.4. The molecule has 2 atom stereocenters. The van der Waals surface area contributed by atoms with Gasteiger partial charge in [-0.05, 0) is 47.8 Å². The molecular weight excluding hydrogens is 412 g/mol. The van der Waals surface area contributed by atoms with E-state index in [1.807, 2.05) is 36.4 Å². The summed E-state index contributed by atoms with van der Waals surface area (Å²) in [4.78, 5) is 24.9. The lowest BCUT2D eigenvalue weighted by Crippen LogP contribution is -2.44. The second-order valence-electron chi connectivity index (χ2n) is 9.09. The minimum absolute atomic E-state index is 0.0258. The third-order valence-electron chi connectivity index (χ3n) is 6.76. The van der Waals surface area contributed by atoms with Crippen LogP contribution >= 0.6 is 0 Å². The van der Waals surface area contributed by atoms with Gasteiger partial charge in [-0.3, -0.25) is 9.59 Å². The summed E-state index contributed by atoms with van der Waals surface area (Å²) in [6.45, 7) is 2.72. The van der Waals surface area contributed by atoms with E-state index in [0.717, 1.165) is 28.5 Å². The van der Waals surface area contributed by atoms with Gasteiger partial charge in [0, 0.05) is 30.3 Å². The number of benzene rings is 3. The zero-order valence-electron chi connectivity index (χ0n) is 19.4. The Morgan fingerprint density at radius 1 is 1.06 bits per heavy atom. The average molecular weight is 445 g/mol. The molecule has 0 bridgehead atoms. The van der Waals surface area contributed by atoms with E-state index in [1.54, 1.807) is 7.11 Å². The first-order valence-corrected chi connectivity index (χ1v) is 11.7. The highest BCUT2D eigenvalue weighted by Crippen LogP contribution is 2.35. The van der Waals surface area contributed by atoms with Gasteiger partial charge < -0.3 is 15.4 Å². The molecule has 1 aliphatic heterocycles. The summed E-state index contributed by atoms with van der Waals surface area (Å²) in [6.07, 6.45) is 2.93. The molecule has 3 aromatic rings. The summed E-state index contributed by atoms with van der Waals surface area (Å²) in [5.74, 6) is 1.18. The summed E-state index contributed by atoms with van der Waals surface area (Å²) in [5.41, 5.74) is 1.96. The molecule has 0 aromatic heterocycles. The van der Waals surface area contributed by atoms with Crippen molar-refractivity contribution in [3.05, 3.63) is 77.9 Å². The number of hydrogen-bond donors (Lipinski definition) is 2. The molecule has 33 heavy (non-hydrogen) atoms. The molecule has 4 rings (SSSR count). The molecule has 172 valence electrons. The summed E-state index contributed by atoms with van der Waals surface area (Å²) in [5, 5.41) is 8.46. The van der Waals surface area contributed by atoms with Crippen molar-refractivity contribution in [1.29, 1.82) is 0 Å². The molecule has 0 aliphatic carbocycles. The van der Waals surface area contributed by atoms with Gasteiger partial charge in [0.25, 0.3) is 0 Å². The maximum Gasteiger partial charge on any atom is 0.220 e. The second-order valence-corrected chi connectivity index (χ2v) is 9.09. The van der Waals surface area contributed by atoms with Crippen LogP contribution in [0.5, 0.6) is 5.75 Å². The number of hydrogen-bond acceptors (Lipinski definition) is 3. The average Bonchev–Trinajstić information content (AvgIpc) is 3.22. The second kappa shape index (κ2) is 10.1. The third kappa shape index (κ3) is 5.36. The van der Waals surface area contributed by atoms with Crippen LogP contribution in [-0.2, 0) is 16.0 Å². The van der Waals surface area contributed by atoms with Gasteiger partial charge >= 0.3 is 0 Å². The minimum Gasteiger partial charge on any atom is -0.496 e. The molecule has 1 heterocycles. The number of ether oxygens (including phenoxy) is 1. The Morgan fingerprint density at radius 2 is 1.79 bits per heavy atom. The van der Waals surface area contributed by atoms with Gasteiger partial charge in [-0.15, -0.1) is 0 Å². The van der Waals surface area contributed by atoms with Crippen molar-refractivity contribution in [1.82, 2.24) is 10.6 Å². The summed E-state index contributed by atoms with van der Waals surface area (Å²) < 4.78 is 5.53. The van der Waals surface area contributed by atoms with Crippen molar-refractivity contribution in [3.8, 4) is 5.75 Å². The van der Waals surface area contributed by atoms with E-state index < -0.39 is 5.54 Å². The number of methoxy groups -OCH3 is 1. The van der Waals surface area contributed by atoms with Crippen molar-refractivity contribution in [3.63, 3.8) is 0 Å². The standard InChI is InChI=1S/C28H32N2O3/c1-20(21-8-4-3-5-9-21)19-29-26(31)14-16-28(17-15-27(32)30-28)18-22-12-13-25(33-2)24-11-7-6-10-23(22)24/h3-13,20H,14-19H2,1-2H3,(H,29,31)(H,30,32)/t20-,28+/m1/s1. The lowest BCUT2D eigenvalue weighted by molar-refractivity contribution is -0.122. The predicted octanol–water partition coefficient (Wildman–Crippen LogP) is 4.74. The number of amides is 2. The topological polar surface area (TPSA) is 67.4 Å². The fourth-order valence-electron chi connectivity index (χ4n) is 4.82. The number of fused-ring (bicyclic) bond motifs is 1. The first kappa shape index (κ1) is 22.8. The molecule has 1 aliphatic rings. The van der Waals surface area contributed by atoms with E-state index >= 15 is 0 Å². The van der Waals surface area contributed by atoms with E-state index in [9.17, 15) is 9.59 Å². The van der Waals surface area contributed by atoms with Gasteiger partial charge in [0.1, 0.15) is 5.75 Å². The predicted molar refractivity (Wildman–Crippen MR) is 131 cm³/mol. The van der Waals surface area contributed by atoms with Crippen LogP contribution in [0, 0.1) is 0 Å². The van der Waals surface area contributed by atoms with Crippen LogP contribution in [0.4, 0.5) is 0 Å². The normalized spacial score (nSPS) is 18.7. The lowest BCUT2D eigenvalue weighted by atomic mass is 9.83. The zero-order valence-corrected chi connectivity index (χ0v) is 19.4. The first-order chi connectivity index (χ1) is 16.0. The first-order valence-electron chi connectivity index (χ1n) is 11.7. The molecule has 5 heteroatoms. The smallest absolute Gasteiger partial charge is 0.220 e. The van der Waals surface area contributed by atoms with E-state index in [2.05, 4.69) is 47.9 Å². The van der Waals surface area contributed by atoms with Crippen LogP contribution in [-0.4, -0.2) is 31.0 Å².